The van der Waals surface area contributed by atoms with E-state index in [4.69, 9.17) is 10.5 Å². The standard InChI is InChI=1S/C14H10F3NO2/c15-10-3-8(4-11(16)6-10)7-20-14(19)9-1-2-12(17)13(18)5-9/h1-6H,7,18H2. The Labute approximate surface area is 112 Å². The molecule has 20 heavy (non-hydrogen) atoms. The van der Waals surface area contributed by atoms with Gasteiger partial charge in [0.1, 0.15) is 24.1 Å². The molecule has 0 saturated carbocycles. The Bertz CT molecular complexity index is 639. The lowest BCUT2D eigenvalue weighted by Gasteiger charge is -2.06. The molecule has 0 unspecified atom stereocenters. The van der Waals surface area contributed by atoms with Crippen LogP contribution < -0.4 is 5.73 Å². The molecule has 2 aromatic rings. The van der Waals surface area contributed by atoms with Crippen LogP contribution in [0, 0.1) is 17.5 Å². The number of carbonyl (C=O) groups excluding carboxylic acids is 1. The molecule has 0 radical (unpaired) electrons. The fourth-order valence-corrected chi connectivity index (χ4v) is 1.60. The number of hydrogen-bond donors (Lipinski definition) is 1. The molecule has 2 rings (SSSR count). The van der Waals surface area contributed by atoms with E-state index in [2.05, 4.69) is 0 Å². The van der Waals surface area contributed by atoms with Gasteiger partial charge in [0.15, 0.2) is 0 Å². The minimum atomic E-state index is -0.763. The van der Waals surface area contributed by atoms with Crippen molar-refractivity contribution in [3.63, 3.8) is 0 Å². The van der Waals surface area contributed by atoms with Gasteiger partial charge in [-0.1, -0.05) is 0 Å². The fraction of sp³-hybridized carbons (Fsp3) is 0.0714. The Kier molecular flexibility index (Phi) is 3.93. The van der Waals surface area contributed by atoms with Gasteiger partial charge in [0, 0.05) is 6.07 Å². The maximum Gasteiger partial charge on any atom is 0.338 e. The number of halogens is 3. The van der Waals surface area contributed by atoms with Crippen LogP contribution in [0.4, 0.5) is 18.9 Å². The highest BCUT2D eigenvalue weighted by Gasteiger charge is 2.10. The summed E-state index contributed by atoms with van der Waals surface area (Å²) < 4.78 is 43.7. The summed E-state index contributed by atoms with van der Waals surface area (Å²) in [6.45, 7) is -0.301. The van der Waals surface area contributed by atoms with Crippen molar-refractivity contribution in [2.45, 2.75) is 6.61 Å². The Morgan fingerprint density at radius 2 is 1.70 bits per heavy atom. The minimum absolute atomic E-state index is 0.0563. The summed E-state index contributed by atoms with van der Waals surface area (Å²) in [6, 6.07) is 6.19. The van der Waals surface area contributed by atoms with E-state index in [1.54, 1.807) is 0 Å². The molecule has 0 aromatic heterocycles. The molecule has 104 valence electrons. The molecule has 6 heteroatoms. The number of ether oxygens (including phenoxy) is 1. The molecule has 0 bridgehead atoms. The summed E-state index contributed by atoms with van der Waals surface area (Å²) in [5.41, 5.74) is 5.37. The number of esters is 1. The highest BCUT2D eigenvalue weighted by Crippen LogP contribution is 2.14. The summed E-state index contributed by atoms with van der Waals surface area (Å²) in [5, 5.41) is 0. The average Bonchev–Trinajstić information content (AvgIpc) is 2.38. The molecule has 0 aliphatic carbocycles. The van der Waals surface area contributed by atoms with E-state index in [-0.39, 0.29) is 23.4 Å². The summed E-state index contributed by atoms with van der Waals surface area (Å²) >= 11 is 0. The SMILES string of the molecule is Nc1cc(C(=O)OCc2cc(F)cc(F)c2)ccc1F. The van der Waals surface area contributed by atoms with Crippen LogP contribution >= 0.6 is 0 Å². The van der Waals surface area contributed by atoms with Gasteiger partial charge in [0.2, 0.25) is 0 Å². The molecular weight excluding hydrogens is 271 g/mol. The predicted octanol–water partition coefficient (Wildman–Crippen LogP) is 3.04. The Balaban J connectivity index is 2.06. The molecule has 2 N–H and O–H groups in total. The number of anilines is 1. The zero-order valence-corrected chi connectivity index (χ0v) is 10.2. The number of benzene rings is 2. The largest absolute Gasteiger partial charge is 0.457 e. The zero-order valence-electron chi connectivity index (χ0n) is 10.2. The normalized spacial score (nSPS) is 10.3. The van der Waals surface area contributed by atoms with Crippen molar-refractivity contribution in [1.82, 2.24) is 0 Å². The lowest BCUT2D eigenvalue weighted by molar-refractivity contribution is 0.0472. The average molecular weight is 281 g/mol. The molecule has 0 aliphatic rings. The van der Waals surface area contributed by atoms with Gasteiger partial charge in [0.05, 0.1) is 11.3 Å². The highest BCUT2D eigenvalue weighted by atomic mass is 19.1. The molecule has 0 atom stereocenters. The van der Waals surface area contributed by atoms with Crippen molar-refractivity contribution in [3.05, 3.63) is 65.0 Å². The first-order valence-corrected chi connectivity index (χ1v) is 5.63. The van der Waals surface area contributed by atoms with Crippen molar-refractivity contribution in [2.24, 2.45) is 0 Å². The first-order chi connectivity index (χ1) is 9.45. The Morgan fingerprint density at radius 1 is 1.05 bits per heavy atom. The van der Waals surface area contributed by atoms with E-state index in [1.165, 1.54) is 6.07 Å². The Hall–Kier alpha value is -2.50. The van der Waals surface area contributed by atoms with E-state index in [0.717, 1.165) is 24.3 Å². The van der Waals surface area contributed by atoms with Gasteiger partial charge in [-0.05, 0) is 35.9 Å². The van der Waals surface area contributed by atoms with Gasteiger partial charge < -0.3 is 10.5 Å². The van der Waals surface area contributed by atoms with Crippen LogP contribution in [-0.2, 0) is 11.3 Å². The summed E-state index contributed by atoms with van der Waals surface area (Å²) in [7, 11) is 0. The minimum Gasteiger partial charge on any atom is -0.457 e. The van der Waals surface area contributed by atoms with Crippen molar-refractivity contribution in [1.29, 1.82) is 0 Å². The summed E-state index contributed by atoms with van der Waals surface area (Å²) in [5.74, 6) is -2.93. The van der Waals surface area contributed by atoms with Gasteiger partial charge in [-0.3, -0.25) is 0 Å². The summed E-state index contributed by atoms with van der Waals surface area (Å²) in [4.78, 5) is 11.7. The van der Waals surface area contributed by atoms with Crippen LogP contribution in [0.2, 0.25) is 0 Å². The Morgan fingerprint density at radius 3 is 2.30 bits per heavy atom. The first-order valence-electron chi connectivity index (χ1n) is 5.63. The number of rotatable bonds is 3. The second kappa shape index (κ2) is 5.64. The molecule has 0 saturated heterocycles. The van der Waals surface area contributed by atoms with Gasteiger partial charge in [-0.2, -0.15) is 0 Å². The zero-order chi connectivity index (χ0) is 14.7. The van der Waals surface area contributed by atoms with E-state index < -0.39 is 23.4 Å². The maximum atomic E-state index is 12.9. The molecule has 0 fully saturated rings. The first kappa shape index (κ1) is 13.9. The third-order valence-electron chi connectivity index (χ3n) is 2.52. The van der Waals surface area contributed by atoms with Crippen LogP contribution in [0.5, 0.6) is 0 Å². The molecule has 2 aromatic carbocycles. The third kappa shape index (κ3) is 3.28. The lowest BCUT2D eigenvalue weighted by atomic mass is 10.2. The third-order valence-corrected chi connectivity index (χ3v) is 2.52. The second-order valence-corrected chi connectivity index (χ2v) is 4.09. The van der Waals surface area contributed by atoms with Crippen LogP contribution in [0.1, 0.15) is 15.9 Å². The molecule has 0 aliphatic heterocycles. The lowest BCUT2D eigenvalue weighted by Crippen LogP contribution is -2.06. The van der Waals surface area contributed by atoms with Crippen LogP contribution in [0.3, 0.4) is 0 Å². The van der Waals surface area contributed by atoms with Gasteiger partial charge in [0.25, 0.3) is 0 Å². The number of nitrogen functional groups attached to an aromatic ring is 1. The van der Waals surface area contributed by atoms with Gasteiger partial charge in [-0.15, -0.1) is 0 Å². The number of hydrogen-bond acceptors (Lipinski definition) is 3. The highest BCUT2D eigenvalue weighted by molar-refractivity contribution is 5.90. The molecule has 0 spiro atoms. The summed E-state index contributed by atoms with van der Waals surface area (Å²) in [6.07, 6.45) is 0. The topological polar surface area (TPSA) is 52.3 Å². The van der Waals surface area contributed by atoms with E-state index in [1.807, 2.05) is 0 Å². The van der Waals surface area contributed by atoms with Crippen molar-refractivity contribution in [2.75, 3.05) is 5.73 Å². The van der Waals surface area contributed by atoms with E-state index in [9.17, 15) is 18.0 Å². The monoisotopic (exact) mass is 281 g/mol. The van der Waals surface area contributed by atoms with Crippen molar-refractivity contribution >= 4 is 11.7 Å². The second-order valence-electron chi connectivity index (χ2n) is 4.09. The quantitative estimate of drug-likeness (QED) is 0.695. The predicted molar refractivity (Wildman–Crippen MR) is 66.3 cm³/mol. The van der Waals surface area contributed by atoms with Crippen LogP contribution in [-0.4, -0.2) is 5.97 Å². The van der Waals surface area contributed by atoms with Gasteiger partial charge in [-0.25, -0.2) is 18.0 Å². The van der Waals surface area contributed by atoms with E-state index >= 15 is 0 Å². The number of carbonyl (C=O) groups is 1. The van der Waals surface area contributed by atoms with Crippen LogP contribution in [0.25, 0.3) is 0 Å². The molecular formula is C14H10F3NO2. The maximum absolute atomic E-state index is 12.9. The van der Waals surface area contributed by atoms with Gasteiger partial charge >= 0.3 is 5.97 Å². The molecule has 0 heterocycles. The van der Waals surface area contributed by atoms with Crippen molar-refractivity contribution < 1.29 is 22.7 Å². The van der Waals surface area contributed by atoms with Crippen molar-refractivity contribution in [3.8, 4) is 0 Å². The number of nitrogens with two attached hydrogens (primary N) is 1. The molecule has 3 nitrogen and oxygen atoms in total. The fourth-order valence-electron chi connectivity index (χ4n) is 1.60. The van der Waals surface area contributed by atoms with E-state index in [0.29, 0.717) is 6.07 Å². The smallest absolute Gasteiger partial charge is 0.338 e. The van der Waals surface area contributed by atoms with Crippen LogP contribution in [0.15, 0.2) is 36.4 Å². The molecule has 0 amide bonds.